The van der Waals surface area contributed by atoms with Crippen LogP contribution in [0, 0.1) is 23.1 Å². The van der Waals surface area contributed by atoms with E-state index in [-0.39, 0.29) is 29.6 Å². The molecule has 1 fully saturated rings. The van der Waals surface area contributed by atoms with Crippen LogP contribution in [-0.2, 0) is 4.79 Å². The Morgan fingerprint density at radius 3 is 2.73 bits per heavy atom. The van der Waals surface area contributed by atoms with E-state index in [1.165, 1.54) is 13.0 Å². The fraction of sp³-hybridized carbons (Fsp3) is 0.438. The van der Waals surface area contributed by atoms with Gasteiger partial charge in [-0.15, -0.1) is 0 Å². The molecule has 1 aliphatic carbocycles. The van der Waals surface area contributed by atoms with Gasteiger partial charge in [0, 0.05) is 6.07 Å². The van der Waals surface area contributed by atoms with Crippen molar-refractivity contribution in [1.82, 2.24) is 5.32 Å². The highest BCUT2D eigenvalue weighted by Crippen LogP contribution is 2.39. The van der Waals surface area contributed by atoms with Crippen LogP contribution in [0.1, 0.15) is 37.0 Å². The minimum atomic E-state index is -0.911. The van der Waals surface area contributed by atoms with E-state index in [2.05, 4.69) is 11.4 Å². The Morgan fingerprint density at radius 2 is 2.18 bits per heavy atom. The Bertz CT molecular complexity index is 649. The molecule has 2 rings (SSSR count). The van der Waals surface area contributed by atoms with Crippen molar-refractivity contribution in [2.45, 2.75) is 32.2 Å². The van der Waals surface area contributed by atoms with Gasteiger partial charge >= 0.3 is 0 Å². The van der Waals surface area contributed by atoms with Gasteiger partial charge in [-0.2, -0.15) is 5.26 Å². The number of ether oxygens (including phenoxy) is 1. The molecular weight excluding hydrogens is 287 g/mol. The summed E-state index contributed by atoms with van der Waals surface area (Å²) < 4.78 is 18.5. The van der Waals surface area contributed by atoms with Gasteiger partial charge in [0.1, 0.15) is 17.1 Å². The maximum atomic E-state index is 13.2. The first-order valence-electron chi connectivity index (χ1n) is 7.01. The third-order valence-electron chi connectivity index (χ3n) is 3.71. The fourth-order valence-corrected chi connectivity index (χ4v) is 2.26. The van der Waals surface area contributed by atoms with E-state index < -0.39 is 17.3 Å². The number of nitrogens with zero attached hydrogens (tertiary/aromatic N) is 1. The summed E-state index contributed by atoms with van der Waals surface area (Å²) in [6.45, 7) is 2.62. The normalized spacial score (nSPS) is 16.3. The Hall–Kier alpha value is -2.42. The van der Waals surface area contributed by atoms with Gasteiger partial charge in [-0.3, -0.25) is 9.59 Å². The van der Waals surface area contributed by atoms with E-state index in [9.17, 15) is 19.2 Å². The van der Waals surface area contributed by atoms with Crippen molar-refractivity contribution in [1.29, 1.82) is 5.26 Å². The number of benzene rings is 1. The number of hydrogen-bond donors (Lipinski definition) is 1. The second-order valence-electron chi connectivity index (χ2n) is 5.62. The Kier molecular flexibility index (Phi) is 4.45. The first-order valence-corrected chi connectivity index (χ1v) is 7.01. The molecule has 0 bridgehead atoms. The van der Waals surface area contributed by atoms with Crippen LogP contribution in [0.4, 0.5) is 4.39 Å². The van der Waals surface area contributed by atoms with Crippen LogP contribution in [0.2, 0.25) is 0 Å². The third kappa shape index (κ3) is 3.61. The van der Waals surface area contributed by atoms with Crippen LogP contribution in [0.5, 0.6) is 5.75 Å². The fourth-order valence-electron chi connectivity index (χ4n) is 2.26. The summed E-state index contributed by atoms with van der Waals surface area (Å²) in [5.41, 5.74) is -0.703. The molecule has 1 aromatic rings. The van der Waals surface area contributed by atoms with Gasteiger partial charge in [0.15, 0.2) is 12.4 Å². The van der Waals surface area contributed by atoms with E-state index in [1.54, 1.807) is 6.92 Å². The number of carbonyl (C=O) groups excluding carboxylic acids is 2. The molecule has 0 unspecified atom stereocenters. The molecular formula is C16H17FN2O3. The molecule has 0 heterocycles. The minimum Gasteiger partial charge on any atom is -0.483 e. The molecule has 1 aromatic carbocycles. The largest absolute Gasteiger partial charge is 0.483 e. The van der Waals surface area contributed by atoms with E-state index in [4.69, 9.17) is 4.74 Å². The average Bonchev–Trinajstić information content (AvgIpc) is 3.29. The lowest BCUT2D eigenvalue weighted by Gasteiger charge is -2.23. The lowest BCUT2D eigenvalue weighted by molar-refractivity contribution is -0.124. The summed E-state index contributed by atoms with van der Waals surface area (Å²) in [6, 6.07) is 5.64. The van der Waals surface area contributed by atoms with Gasteiger partial charge in [-0.05, 0) is 44.7 Å². The molecule has 0 aliphatic heterocycles. The number of carbonyl (C=O) groups is 2. The third-order valence-corrected chi connectivity index (χ3v) is 3.71. The summed E-state index contributed by atoms with van der Waals surface area (Å²) in [5.74, 6) is -1.14. The number of hydrogen-bond acceptors (Lipinski definition) is 4. The van der Waals surface area contributed by atoms with Crippen LogP contribution in [0.15, 0.2) is 18.2 Å². The van der Waals surface area contributed by atoms with Gasteiger partial charge in [0.05, 0.1) is 11.6 Å². The molecule has 22 heavy (non-hydrogen) atoms. The van der Waals surface area contributed by atoms with Crippen LogP contribution in [0.3, 0.4) is 0 Å². The summed E-state index contributed by atoms with van der Waals surface area (Å²) in [6.07, 6.45) is 1.81. The SMILES string of the molecule is CC(=O)c1ccc(F)cc1OCC(=O)N[C@@](C)(C#N)C1CC1. The molecule has 1 saturated carbocycles. The highest BCUT2D eigenvalue weighted by atomic mass is 19.1. The smallest absolute Gasteiger partial charge is 0.259 e. The van der Waals surface area contributed by atoms with Crippen LogP contribution >= 0.6 is 0 Å². The quantitative estimate of drug-likeness (QED) is 0.817. The molecule has 1 atom stereocenters. The summed E-state index contributed by atoms with van der Waals surface area (Å²) in [4.78, 5) is 23.4. The Labute approximate surface area is 128 Å². The van der Waals surface area contributed by atoms with Crippen molar-refractivity contribution in [3.05, 3.63) is 29.6 Å². The number of rotatable bonds is 6. The molecule has 6 heteroatoms. The van der Waals surface area contributed by atoms with Crippen LogP contribution in [-0.4, -0.2) is 23.8 Å². The zero-order valence-electron chi connectivity index (χ0n) is 12.5. The lowest BCUT2D eigenvalue weighted by Crippen LogP contribution is -2.48. The first kappa shape index (κ1) is 16.0. The van der Waals surface area contributed by atoms with Gasteiger partial charge < -0.3 is 10.1 Å². The maximum Gasteiger partial charge on any atom is 0.259 e. The van der Waals surface area contributed by atoms with E-state index in [1.807, 2.05) is 0 Å². The molecule has 5 nitrogen and oxygen atoms in total. The van der Waals surface area contributed by atoms with E-state index >= 15 is 0 Å². The topological polar surface area (TPSA) is 79.2 Å². The molecule has 0 aromatic heterocycles. The second kappa shape index (κ2) is 6.14. The first-order chi connectivity index (χ1) is 10.4. The standard InChI is InChI=1S/C16H17FN2O3/c1-10(20)13-6-5-12(17)7-14(13)22-8-15(21)19-16(2,9-18)11-3-4-11/h5-7,11H,3-4,8H2,1-2H3,(H,19,21)/t16-/m0/s1. The van der Waals surface area contributed by atoms with Crippen molar-refractivity contribution < 1.29 is 18.7 Å². The molecule has 0 radical (unpaired) electrons. The van der Waals surface area contributed by atoms with Crippen LogP contribution < -0.4 is 10.1 Å². The van der Waals surface area contributed by atoms with Crippen LogP contribution in [0.25, 0.3) is 0 Å². The summed E-state index contributed by atoms with van der Waals surface area (Å²) >= 11 is 0. The lowest BCUT2D eigenvalue weighted by atomic mass is 9.98. The van der Waals surface area contributed by atoms with E-state index in [0.29, 0.717) is 0 Å². The summed E-state index contributed by atoms with van der Waals surface area (Å²) in [5, 5.41) is 11.8. The number of amides is 1. The predicted molar refractivity (Wildman–Crippen MR) is 76.8 cm³/mol. The molecule has 1 amide bonds. The number of nitrogens with one attached hydrogen (secondary N) is 1. The molecule has 116 valence electrons. The molecule has 1 N–H and O–H groups in total. The van der Waals surface area contributed by atoms with Crippen molar-refractivity contribution in [3.63, 3.8) is 0 Å². The highest BCUT2D eigenvalue weighted by molar-refractivity contribution is 5.96. The monoisotopic (exact) mass is 304 g/mol. The van der Waals surface area contributed by atoms with Crippen molar-refractivity contribution >= 4 is 11.7 Å². The average molecular weight is 304 g/mol. The number of Topliss-reactive ketones (excluding diaryl/α,β-unsaturated/α-hetero) is 1. The zero-order chi connectivity index (χ0) is 16.3. The minimum absolute atomic E-state index is 0.0210. The maximum absolute atomic E-state index is 13.2. The zero-order valence-corrected chi connectivity index (χ0v) is 12.5. The van der Waals surface area contributed by atoms with Gasteiger partial charge in [-0.25, -0.2) is 4.39 Å². The molecule has 0 spiro atoms. The van der Waals surface area contributed by atoms with Crippen molar-refractivity contribution in [2.75, 3.05) is 6.61 Å². The Balaban J connectivity index is 2.01. The number of nitriles is 1. The highest BCUT2D eigenvalue weighted by Gasteiger charge is 2.43. The Morgan fingerprint density at radius 1 is 1.50 bits per heavy atom. The van der Waals surface area contributed by atoms with Gasteiger partial charge in [0.2, 0.25) is 0 Å². The molecule has 1 aliphatic rings. The second-order valence-corrected chi connectivity index (χ2v) is 5.62. The van der Waals surface area contributed by atoms with Gasteiger partial charge in [0.25, 0.3) is 5.91 Å². The van der Waals surface area contributed by atoms with Crippen molar-refractivity contribution in [3.8, 4) is 11.8 Å². The summed E-state index contributed by atoms with van der Waals surface area (Å²) in [7, 11) is 0. The predicted octanol–water partition coefficient (Wildman–Crippen LogP) is 2.22. The number of halogens is 1. The van der Waals surface area contributed by atoms with E-state index in [0.717, 1.165) is 25.0 Å². The molecule has 0 saturated heterocycles. The van der Waals surface area contributed by atoms with Gasteiger partial charge in [-0.1, -0.05) is 0 Å². The number of ketones is 1. The van der Waals surface area contributed by atoms with Crippen molar-refractivity contribution in [2.24, 2.45) is 5.92 Å².